The van der Waals surface area contributed by atoms with E-state index in [-0.39, 0.29) is 30.0 Å². The number of amides is 1. The predicted octanol–water partition coefficient (Wildman–Crippen LogP) is 0.532. The first kappa shape index (κ1) is 18.6. The Labute approximate surface area is 157 Å². The average molecular weight is 380 g/mol. The lowest BCUT2D eigenvalue weighted by atomic mass is 10.3. The number of halogens is 1. The van der Waals surface area contributed by atoms with Crippen molar-refractivity contribution < 1.29 is 28.1 Å². The Morgan fingerprint density at radius 1 is 1.07 bits per heavy atom. The Morgan fingerprint density at radius 2 is 1.70 bits per heavy atom. The van der Waals surface area contributed by atoms with E-state index in [9.17, 15) is 9.18 Å². The first-order valence-electron chi connectivity index (χ1n) is 9.41. The first-order valence-corrected chi connectivity index (χ1v) is 9.41. The number of carbonyl (C=O) groups is 1. The van der Waals surface area contributed by atoms with Gasteiger partial charge in [0.1, 0.15) is 17.7 Å². The van der Waals surface area contributed by atoms with Crippen LogP contribution in [0.25, 0.3) is 0 Å². The molecule has 3 heterocycles. The fraction of sp³-hybridized carbons (Fsp3) is 0.632. The first-order chi connectivity index (χ1) is 13.2. The van der Waals surface area contributed by atoms with Gasteiger partial charge in [0.15, 0.2) is 0 Å². The molecule has 7 nitrogen and oxygen atoms in total. The van der Waals surface area contributed by atoms with Gasteiger partial charge in [-0.3, -0.25) is 9.69 Å². The summed E-state index contributed by atoms with van der Waals surface area (Å²) in [4.78, 5) is 16.4. The normalized spacial score (nSPS) is 27.2. The summed E-state index contributed by atoms with van der Waals surface area (Å²) in [7, 11) is 0. The van der Waals surface area contributed by atoms with Gasteiger partial charge in [0, 0.05) is 26.2 Å². The molecule has 0 spiro atoms. The molecule has 3 aliphatic heterocycles. The van der Waals surface area contributed by atoms with Crippen LogP contribution < -0.4 is 4.74 Å². The number of rotatable bonds is 4. The molecule has 27 heavy (non-hydrogen) atoms. The second-order valence-corrected chi connectivity index (χ2v) is 7.12. The highest BCUT2D eigenvalue weighted by atomic mass is 19.1. The highest BCUT2D eigenvalue weighted by Gasteiger charge is 2.38. The molecule has 0 unspecified atom stereocenters. The molecule has 148 valence electrons. The molecule has 3 aliphatic rings. The van der Waals surface area contributed by atoms with Gasteiger partial charge in [0.05, 0.1) is 45.2 Å². The minimum Gasteiger partial charge on any atom is -0.486 e. The third kappa shape index (κ3) is 4.76. The highest BCUT2D eigenvalue weighted by Crippen LogP contribution is 2.22. The molecule has 2 atom stereocenters. The molecule has 1 amide bonds. The smallest absolute Gasteiger partial charge is 0.236 e. The number of ether oxygens (including phenoxy) is 4. The maximum atomic E-state index is 13.0. The van der Waals surface area contributed by atoms with Gasteiger partial charge in [0.25, 0.3) is 0 Å². The van der Waals surface area contributed by atoms with Gasteiger partial charge in [-0.05, 0) is 24.3 Å². The predicted molar refractivity (Wildman–Crippen MR) is 94.1 cm³/mol. The van der Waals surface area contributed by atoms with E-state index in [1.54, 1.807) is 12.1 Å². The third-order valence-corrected chi connectivity index (χ3v) is 5.12. The van der Waals surface area contributed by atoms with Crippen molar-refractivity contribution in [3.63, 3.8) is 0 Å². The zero-order valence-electron chi connectivity index (χ0n) is 15.2. The van der Waals surface area contributed by atoms with E-state index >= 15 is 0 Å². The van der Waals surface area contributed by atoms with Crippen molar-refractivity contribution in [1.29, 1.82) is 0 Å². The monoisotopic (exact) mass is 380 g/mol. The van der Waals surface area contributed by atoms with E-state index in [0.29, 0.717) is 64.9 Å². The zero-order chi connectivity index (χ0) is 18.6. The summed E-state index contributed by atoms with van der Waals surface area (Å²) in [5.41, 5.74) is 0. The van der Waals surface area contributed by atoms with Crippen molar-refractivity contribution >= 4 is 5.91 Å². The quantitative estimate of drug-likeness (QED) is 0.760. The topological polar surface area (TPSA) is 60.5 Å². The fourth-order valence-electron chi connectivity index (χ4n) is 3.66. The van der Waals surface area contributed by atoms with E-state index in [4.69, 9.17) is 18.9 Å². The van der Waals surface area contributed by atoms with E-state index in [0.717, 1.165) is 0 Å². The molecule has 0 radical (unpaired) electrons. The van der Waals surface area contributed by atoms with Crippen LogP contribution in [0.5, 0.6) is 5.75 Å². The van der Waals surface area contributed by atoms with Crippen molar-refractivity contribution in [3.8, 4) is 5.75 Å². The molecule has 8 heteroatoms. The van der Waals surface area contributed by atoms with Crippen LogP contribution >= 0.6 is 0 Å². The van der Waals surface area contributed by atoms with Crippen LogP contribution in [0.4, 0.5) is 4.39 Å². The summed E-state index contributed by atoms with van der Waals surface area (Å²) < 4.78 is 36.1. The maximum absolute atomic E-state index is 13.0. The Hall–Kier alpha value is -1.74. The maximum Gasteiger partial charge on any atom is 0.236 e. The molecule has 1 aromatic rings. The number of morpholine rings is 1. The molecule has 3 saturated heterocycles. The number of carbonyl (C=O) groups excluding carboxylic acids is 1. The Kier molecular flexibility index (Phi) is 5.87. The number of hydrogen-bond donors (Lipinski definition) is 0. The van der Waals surface area contributed by atoms with Crippen LogP contribution in [0.1, 0.15) is 0 Å². The second-order valence-electron chi connectivity index (χ2n) is 7.12. The highest BCUT2D eigenvalue weighted by molar-refractivity contribution is 5.78. The van der Waals surface area contributed by atoms with Crippen LogP contribution in [0.2, 0.25) is 0 Å². The summed E-state index contributed by atoms with van der Waals surface area (Å²) in [5, 5.41) is 0. The van der Waals surface area contributed by atoms with Gasteiger partial charge in [0.2, 0.25) is 5.91 Å². The van der Waals surface area contributed by atoms with Crippen LogP contribution in [0.15, 0.2) is 24.3 Å². The number of likely N-dealkylation sites (tertiary alicyclic amines) is 1. The van der Waals surface area contributed by atoms with Crippen molar-refractivity contribution in [2.45, 2.75) is 18.3 Å². The molecule has 0 saturated carbocycles. The lowest BCUT2D eigenvalue weighted by Crippen LogP contribution is -2.45. The molecular weight excluding hydrogens is 355 g/mol. The largest absolute Gasteiger partial charge is 0.486 e. The molecule has 4 rings (SSSR count). The summed E-state index contributed by atoms with van der Waals surface area (Å²) in [6.07, 6.45) is -0.363. The summed E-state index contributed by atoms with van der Waals surface area (Å²) in [6, 6.07) is 5.93. The van der Waals surface area contributed by atoms with Crippen molar-refractivity contribution in [2.24, 2.45) is 0 Å². The number of benzene rings is 1. The van der Waals surface area contributed by atoms with E-state index < -0.39 is 0 Å². The SMILES string of the molecule is O=C(CN1C[C@@H]2OCC(Oc3ccc(F)cc3)CO[C@H]2C1)N1CCOCC1. The molecule has 0 aromatic heterocycles. The van der Waals surface area contributed by atoms with Gasteiger partial charge < -0.3 is 23.8 Å². The van der Waals surface area contributed by atoms with Crippen LogP contribution in [-0.4, -0.2) is 93.2 Å². The van der Waals surface area contributed by atoms with E-state index in [2.05, 4.69) is 4.90 Å². The second kappa shape index (κ2) is 8.52. The summed E-state index contributed by atoms with van der Waals surface area (Å²) in [5.74, 6) is 0.433. The molecule has 0 aliphatic carbocycles. The van der Waals surface area contributed by atoms with Crippen LogP contribution in [0, 0.1) is 5.82 Å². The lowest BCUT2D eigenvalue weighted by molar-refractivity contribution is -0.136. The van der Waals surface area contributed by atoms with Crippen LogP contribution in [-0.2, 0) is 19.0 Å². The lowest BCUT2D eigenvalue weighted by Gasteiger charge is -2.28. The molecule has 0 bridgehead atoms. The number of fused-ring (bicyclic) bond motifs is 1. The van der Waals surface area contributed by atoms with Crippen molar-refractivity contribution in [3.05, 3.63) is 30.1 Å². The summed E-state index contributed by atoms with van der Waals surface area (Å²) in [6.45, 7) is 5.08. The number of hydrogen-bond acceptors (Lipinski definition) is 6. The van der Waals surface area contributed by atoms with Gasteiger partial charge in [-0.25, -0.2) is 4.39 Å². The van der Waals surface area contributed by atoms with Gasteiger partial charge in [-0.15, -0.1) is 0 Å². The molecule has 1 aromatic carbocycles. The van der Waals surface area contributed by atoms with Crippen molar-refractivity contribution in [1.82, 2.24) is 9.80 Å². The minimum atomic E-state index is -0.294. The molecule has 0 N–H and O–H groups in total. The standard InChI is InChI=1S/C19H25FN2O5/c20-14-1-3-15(4-2-14)27-16-12-25-17-9-21(10-18(17)26-13-16)11-19(23)22-5-7-24-8-6-22/h1-4,16-18H,5-13H2/t17-,18-/m0/s1. The summed E-state index contributed by atoms with van der Waals surface area (Å²) >= 11 is 0. The molecule has 3 fully saturated rings. The zero-order valence-corrected chi connectivity index (χ0v) is 15.2. The Morgan fingerprint density at radius 3 is 2.33 bits per heavy atom. The minimum absolute atomic E-state index is 0.0655. The third-order valence-electron chi connectivity index (χ3n) is 5.12. The Balaban J connectivity index is 1.25. The fourth-order valence-corrected chi connectivity index (χ4v) is 3.66. The van der Waals surface area contributed by atoms with E-state index in [1.165, 1.54) is 12.1 Å². The number of nitrogens with zero attached hydrogens (tertiary/aromatic N) is 2. The van der Waals surface area contributed by atoms with Gasteiger partial charge in [-0.2, -0.15) is 0 Å². The molecular formula is C19H25FN2O5. The van der Waals surface area contributed by atoms with E-state index in [1.807, 2.05) is 4.90 Å². The average Bonchev–Trinajstić information content (AvgIpc) is 2.98. The van der Waals surface area contributed by atoms with Gasteiger partial charge in [-0.1, -0.05) is 0 Å². The van der Waals surface area contributed by atoms with Crippen molar-refractivity contribution in [2.75, 3.05) is 59.2 Å². The van der Waals surface area contributed by atoms with Gasteiger partial charge >= 0.3 is 0 Å². The Bertz CT molecular complexity index is 621. The van der Waals surface area contributed by atoms with Crippen LogP contribution in [0.3, 0.4) is 0 Å².